The van der Waals surface area contributed by atoms with Crippen LogP contribution in [0.2, 0.25) is 0 Å². The first-order valence-corrected chi connectivity index (χ1v) is 9.12. The first kappa shape index (κ1) is 20.5. The smallest absolute Gasteiger partial charge is 0.268 e. The summed E-state index contributed by atoms with van der Waals surface area (Å²) in [6.45, 7) is 4.14. The van der Waals surface area contributed by atoms with E-state index >= 15 is 0 Å². The predicted octanol–water partition coefficient (Wildman–Crippen LogP) is 3.57. The van der Waals surface area contributed by atoms with E-state index in [1.807, 2.05) is 44.2 Å². The van der Waals surface area contributed by atoms with Crippen LogP contribution in [0.15, 0.2) is 41.2 Å². The Morgan fingerprint density at radius 3 is 2.43 bits per heavy atom. The molecule has 3 aromatic rings. The quantitative estimate of drug-likeness (QED) is 0.674. The molecule has 3 N–H and O–H groups in total. The van der Waals surface area contributed by atoms with E-state index in [1.165, 1.54) is 0 Å². The molecule has 2 aromatic carbocycles. The van der Waals surface area contributed by atoms with Crippen LogP contribution in [0.5, 0.6) is 11.5 Å². The third kappa shape index (κ3) is 3.82. The molecule has 0 radical (unpaired) electrons. The van der Waals surface area contributed by atoms with Gasteiger partial charge in [0.15, 0.2) is 0 Å². The van der Waals surface area contributed by atoms with E-state index in [2.05, 4.69) is 4.98 Å². The Morgan fingerprint density at radius 1 is 1.03 bits per heavy atom. The normalized spacial score (nSPS) is 10.2. The van der Waals surface area contributed by atoms with Gasteiger partial charge in [-0.25, -0.2) is 0 Å². The SMILES string of the molecule is COc1ccc(-c2c(C#N)c(N)[nH]c(=O)c2C#N)cc1COc1cc(C)ccc1C. The number of methoxy groups -OCH3 is 1. The lowest BCUT2D eigenvalue weighted by Gasteiger charge is -2.15. The van der Waals surface area contributed by atoms with Gasteiger partial charge in [-0.3, -0.25) is 4.79 Å². The molecule has 0 spiro atoms. The van der Waals surface area contributed by atoms with Crippen LogP contribution < -0.4 is 20.8 Å². The molecule has 0 amide bonds. The van der Waals surface area contributed by atoms with Crippen LogP contribution in [-0.4, -0.2) is 12.1 Å². The topological polar surface area (TPSA) is 125 Å². The number of nitrogens with two attached hydrogens (primary N) is 1. The second-order valence-electron chi connectivity index (χ2n) is 6.80. The highest BCUT2D eigenvalue weighted by Crippen LogP contribution is 2.32. The summed E-state index contributed by atoms with van der Waals surface area (Å²) < 4.78 is 11.4. The number of nitrogens with zero attached hydrogens (tertiary/aromatic N) is 2. The van der Waals surface area contributed by atoms with Crippen molar-refractivity contribution in [3.05, 3.63) is 74.6 Å². The van der Waals surface area contributed by atoms with E-state index in [0.29, 0.717) is 16.9 Å². The van der Waals surface area contributed by atoms with Gasteiger partial charge >= 0.3 is 0 Å². The van der Waals surface area contributed by atoms with E-state index in [9.17, 15) is 15.3 Å². The molecule has 7 nitrogen and oxygen atoms in total. The third-order valence-corrected chi connectivity index (χ3v) is 4.76. The van der Waals surface area contributed by atoms with Crippen LogP contribution in [-0.2, 0) is 6.61 Å². The van der Waals surface area contributed by atoms with Crippen molar-refractivity contribution < 1.29 is 9.47 Å². The highest BCUT2D eigenvalue weighted by molar-refractivity contribution is 5.80. The maximum absolute atomic E-state index is 12.2. The maximum atomic E-state index is 12.2. The van der Waals surface area contributed by atoms with E-state index < -0.39 is 5.56 Å². The molecule has 7 heteroatoms. The van der Waals surface area contributed by atoms with Crippen molar-refractivity contribution in [2.24, 2.45) is 0 Å². The zero-order valence-corrected chi connectivity index (χ0v) is 16.9. The number of H-pyrrole nitrogens is 1. The van der Waals surface area contributed by atoms with E-state index in [4.69, 9.17) is 15.2 Å². The number of rotatable bonds is 5. The molecular formula is C23H20N4O3. The number of aromatic nitrogens is 1. The summed E-state index contributed by atoms with van der Waals surface area (Å²) in [7, 11) is 1.54. The molecule has 1 aromatic heterocycles. The van der Waals surface area contributed by atoms with Gasteiger partial charge in [0.2, 0.25) is 0 Å². The number of aryl methyl sites for hydroxylation is 2. The summed E-state index contributed by atoms with van der Waals surface area (Å²) in [4.78, 5) is 14.5. The molecule has 3 rings (SSSR count). The van der Waals surface area contributed by atoms with Crippen LogP contribution in [0.1, 0.15) is 27.8 Å². The van der Waals surface area contributed by atoms with Gasteiger partial charge in [0.25, 0.3) is 5.56 Å². The Bertz CT molecular complexity index is 1260. The lowest BCUT2D eigenvalue weighted by atomic mass is 9.95. The lowest BCUT2D eigenvalue weighted by molar-refractivity contribution is 0.294. The Labute approximate surface area is 173 Å². The number of anilines is 1. The summed E-state index contributed by atoms with van der Waals surface area (Å²) in [5.41, 5.74) is 8.50. The van der Waals surface area contributed by atoms with Crippen molar-refractivity contribution >= 4 is 5.82 Å². The monoisotopic (exact) mass is 400 g/mol. The number of hydrogen-bond donors (Lipinski definition) is 2. The average Bonchev–Trinajstić information content (AvgIpc) is 2.73. The fraction of sp³-hybridized carbons (Fsp3) is 0.174. The standard InChI is InChI=1S/C23H20N4O3/c1-13-4-5-14(2)20(8-13)30-12-16-9-15(6-7-19(16)29-3)21-17(10-24)22(26)27-23(28)18(21)11-25/h4-9H,12H2,1-3H3,(H3,26,27,28). The average molecular weight is 400 g/mol. The van der Waals surface area contributed by atoms with Crippen LogP contribution >= 0.6 is 0 Å². The van der Waals surface area contributed by atoms with Gasteiger partial charge in [0.05, 0.1) is 7.11 Å². The maximum Gasteiger partial charge on any atom is 0.268 e. The highest BCUT2D eigenvalue weighted by atomic mass is 16.5. The minimum absolute atomic E-state index is 0.0395. The van der Waals surface area contributed by atoms with Crippen molar-refractivity contribution in [1.82, 2.24) is 4.98 Å². The number of ether oxygens (including phenoxy) is 2. The summed E-state index contributed by atoms with van der Waals surface area (Å²) in [5.74, 6) is 1.25. The van der Waals surface area contributed by atoms with E-state index in [-0.39, 0.29) is 29.1 Å². The molecule has 150 valence electrons. The fourth-order valence-electron chi connectivity index (χ4n) is 3.20. The number of hydrogen-bond acceptors (Lipinski definition) is 6. The predicted molar refractivity (Wildman–Crippen MR) is 113 cm³/mol. The molecule has 0 aliphatic heterocycles. The number of nitriles is 2. The number of nitrogen functional groups attached to an aromatic ring is 1. The Hall–Kier alpha value is -4.23. The number of aromatic amines is 1. The van der Waals surface area contributed by atoms with Gasteiger partial charge in [0.1, 0.15) is 47.2 Å². The van der Waals surface area contributed by atoms with Gasteiger partial charge in [-0.1, -0.05) is 18.2 Å². The second kappa shape index (κ2) is 8.42. The van der Waals surface area contributed by atoms with Gasteiger partial charge in [-0.2, -0.15) is 10.5 Å². The van der Waals surface area contributed by atoms with E-state index in [0.717, 1.165) is 16.9 Å². The number of benzene rings is 2. The molecule has 0 saturated carbocycles. The zero-order chi connectivity index (χ0) is 21.8. The molecule has 0 bridgehead atoms. The molecule has 0 aliphatic carbocycles. The molecule has 0 saturated heterocycles. The molecular weight excluding hydrogens is 380 g/mol. The van der Waals surface area contributed by atoms with Gasteiger partial charge in [-0.05, 0) is 48.7 Å². The van der Waals surface area contributed by atoms with Gasteiger partial charge in [-0.15, -0.1) is 0 Å². The van der Waals surface area contributed by atoms with Gasteiger partial charge in [0, 0.05) is 11.1 Å². The van der Waals surface area contributed by atoms with Crippen molar-refractivity contribution in [2.45, 2.75) is 20.5 Å². The largest absolute Gasteiger partial charge is 0.496 e. The summed E-state index contributed by atoms with van der Waals surface area (Å²) in [5, 5.41) is 19.0. The van der Waals surface area contributed by atoms with Crippen LogP contribution in [0.25, 0.3) is 11.1 Å². The fourth-order valence-corrected chi connectivity index (χ4v) is 3.20. The minimum Gasteiger partial charge on any atom is -0.496 e. The second-order valence-corrected chi connectivity index (χ2v) is 6.80. The summed E-state index contributed by atoms with van der Waals surface area (Å²) >= 11 is 0. The Morgan fingerprint density at radius 2 is 1.77 bits per heavy atom. The molecule has 0 unspecified atom stereocenters. The first-order valence-electron chi connectivity index (χ1n) is 9.12. The molecule has 0 aliphatic rings. The molecule has 0 fully saturated rings. The molecule has 30 heavy (non-hydrogen) atoms. The number of nitrogens with one attached hydrogen (secondary N) is 1. The van der Waals surface area contributed by atoms with Crippen LogP contribution in [0, 0.1) is 36.5 Å². The van der Waals surface area contributed by atoms with Crippen molar-refractivity contribution in [1.29, 1.82) is 10.5 Å². The van der Waals surface area contributed by atoms with Crippen LogP contribution in [0.3, 0.4) is 0 Å². The van der Waals surface area contributed by atoms with Crippen molar-refractivity contribution in [3.63, 3.8) is 0 Å². The van der Waals surface area contributed by atoms with Crippen molar-refractivity contribution in [3.8, 4) is 34.8 Å². The molecule has 1 heterocycles. The van der Waals surface area contributed by atoms with E-state index in [1.54, 1.807) is 25.3 Å². The van der Waals surface area contributed by atoms with Gasteiger partial charge < -0.3 is 20.2 Å². The minimum atomic E-state index is -0.645. The Balaban J connectivity index is 2.10. The zero-order valence-electron chi connectivity index (χ0n) is 16.9. The highest BCUT2D eigenvalue weighted by Gasteiger charge is 2.19. The van der Waals surface area contributed by atoms with Crippen molar-refractivity contribution in [2.75, 3.05) is 12.8 Å². The lowest BCUT2D eigenvalue weighted by Crippen LogP contribution is -2.16. The number of pyridine rings is 1. The Kier molecular flexibility index (Phi) is 5.75. The third-order valence-electron chi connectivity index (χ3n) is 4.76. The van der Waals surface area contributed by atoms with Crippen LogP contribution in [0.4, 0.5) is 5.82 Å². The summed E-state index contributed by atoms with van der Waals surface area (Å²) in [6, 6.07) is 14.9. The molecule has 0 atom stereocenters. The first-order chi connectivity index (χ1) is 14.4. The summed E-state index contributed by atoms with van der Waals surface area (Å²) in [6.07, 6.45) is 0.